The third-order valence-corrected chi connectivity index (χ3v) is 9.69. The first-order chi connectivity index (χ1) is 19.4. The number of amides is 1. The number of terminal acetylenes is 1. The van der Waals surface area contributed by atoms with Crippen LogP contribution in [-0.2, 0) is 21.1 Å². The van der Waals surface area contributed by atoms with Gasteiger partial charge in [-0.25, -0.2) is 12.8 Å². The molecule has 9 heteroatoms. The molecular weight excluding hydrogens is 543 g/mol. The average molecular weight is 575 g/mol. The number of hydrogen-bond acceptors (Lipinski definition) is 6. The Kier molecular flexibility index (Phi) is 7.30. The summed E-state index contributed by atoms with van der Waals surface area (Å²) >= 11 is 0. The van der Waals surface area contributed by atoms with Crippen molar-refractivity contribution in [3.05, 3.63) is 93.8 Å². The minimum atomic E-state index is -4.01. The summed E-state index contributed by atoms with van der Waals surface area (Å²) in [5, 5.41) is 14.1. The van der Waals surface area contributed by atoms with E-state index >= 15 is 4.39 Å². The maximum Gasteiger partial charge on any atom is 0.232 e. The Morgan fingerprint density at radius 1 is 1.20 bits per heavy atom. The lowest BCUT2D eigenvalue weighted by molar-refractivity contribution is -0.118. The SMILES string of the molecule is C#CCOc1ccc([C@H]2C3=C(CC(C)(C)CS3(=O)=O)Nc3c(O)cccc3N2C(=O)Cc2ccccc2C)c(F)c1. The first-order valence-corrected chi connectivity index (χ1v) is 14.8. The maximum absolute atomic E-state index is 16.0. The van der Waals surface area contributed by atoms with E-state index < -0.39 is 33.0 Å². The van der Waals surface area contributed by atoms with Crippen LogP contribution in [0.4, 0.5) is 15.8 Å². The highest BCUT2D eigenvalue weighted by molar-refractivity contribution is 7.95. The smallest absolute Gasteiger partial charge is 0.232 e. The molecule has 0 aliphatic carbocycles. The number of nitrogens with zero attached hydrogens (tertiary/aromatic N) is 1. The van der Waals surface area contributed by atoms with Gasteiger partial charge in [-0.2, -0.15) is 0 Å². The Labute approximate surface area is 239 Å². The monoisotopic (exact) mass is 574 g/mol. The van der Waals surface area contributed by atoms with Crippen LogP contribution in [0.5, 0.6) is 11.5 Å². The summed E-state index contributed by atoms with van der Waals surface area (Å²) in [5.74, 6) is 0.932. The molecule has 0 unspecified atom stereocenters. The van der Waals surface area contributed by atoms with Gasteiger partial charge in [0.1, 0.15) is 35.7 Å². The topological polar surface area (TPSA) is 95.9 Å². The molecule has 2 heterocycles. The van der Waals surface area contributed by atoms with Gasteiger partial charge in [0.15, 0.2) is 9.84 Å². The zero-order valence-electron chi connectivity index (χ0n) is 23.1. The Balaban J connectivity index is 1.79. The number of phenols is 1. The van der Waals surface area contributed by atoms with Crippen LogP contribution in [0.3, 0.4) is 0 Å². The number of ether oxygens (including phenoxy) is 1. The predicted molar refractivity (Wildman–Crippen MR) is 157 cm³/mol. The Morgan fingerprint density at radius 2 is 1.95 bits per heavy atom. The Hall–Kier alpha value is -4.29. The summed E-state index contributed by atoms with van der Waals surface area (Å²) in [4.78, 5) is 15.5. The molecule has 0 fully saturated rings. The molecule has 2 aliphatic heterocycles. The van der Waals surface area contributed by atoms with Crippen LogP contribution in [0, 0.1) is 30.5 Å². The van der Waals surface area contributed by atoms with Crippen LogP contribution in [0.15, 0.2) is 71.3 Å². The largest absolute Gasteiger partial charge is 0.506 e. The molecule has 0 saturated heterocycles. The summed E-state index contributed by atoms with van der Waals surface area (Å²) in [6.45, 7) is 5.48. The normalized spacial score (nSPS) is 18.8. The molecule has 1 atom stereocenters. The van der Waals surface area contributed by atoms with Gasteiger partial charge in [0.05, 0.1) is 22.8 Å². The van der Waals surface area contributed by atoms with E-state index in [2.05, 4.69) is 11.2 Å². The van der Waals surface area contributed by atoms with Crippen molar-refractivity contribution in [2.45, 2.75) is 39.7 Å². The molecule has 7 nitrogen and oxygen atoms in total. The van der Waals surface area contributed by atoms with Gasteiger partial charge in [-0.05, 0) is 54.2 Å². The van der Waals surface area contributed by atoms with Crippen molar-refractivity contribution < 1.29 is 27.4 Å². The van der Waals surface area contributed by atoms with Gasteiger partial charge in [0, 0.05) is 17.3 Å². The fraction of sp³-hybridized carbons (Fsp3) is 0.281. The molecule has 0 saturated carbocycles. The highest BCUT2D eigenvalue weighted by Crippen LogP contribution is 2.51. The maximum atomic E-state index is 16.0. The molecule has 0 bridgehead atoms. The zero-order valence-corrected chi connectivity index (χ0v) is 23.9. The number of aryl methyl sites for hydroxylation is 1. The predicted octanol–water partition coefficient (Wildman–Crippen LogP) is 5.65. The van der Waals surface area contributed by atoms with E-state index in [9.17, 15) is 18.3 Å². The number of anilines is 2. The van der Waals surface area contributed by atoms with Crippen LogP contribution in [0.25, 0.3) is 0 Å². The molecule has 1 amide bonds. The van der Waals surface area contributed by atoms with E-state index in [-0.39, 0.29) is 52.1 Å². The summed E-state index contributed by atoms with van der Waals surface area (Å²) in [7, 11) is -4.01. The molecule has 212 valence electrons. The van der Waals surface area contributed by atoms with Gasteiger partial charge in [0.25, 0.3) is 0 Å². The second kappa shape index (κ2) is 10.6. The number of carbonyl (C=O) groups is 1. The molecule has 2 N–H and O–H groups in total. The lowest BCUT2D eigenvalue weighted by atomic mass is 9.88. The number of fused-ring (bicyclic) bond motifs is 1. The molecule has 41 heavy (non-hydrogen) atoms. The molecule has 2 aliphatic rings. The van der Waals surface area contributed by atoms with Crippen molar-refractivity contribution in [1.82, 2.24) is 0 Å². The number of nitrogens with one attached hydrogen (secondary N) is 1. The number of allylic oxidation sites excluding steroid dienone is 1. The molecule has 5 rings (SSSR count). The van der Waals surface area contributed by atoms with E-state index in [1.54, 1.807) is 12.1 Å². The van der Waals surface area contributed by atoms with E-state index in [1.165, 1.54) is 23.1 Å². The van der Waals surface area contributed by atoms with Crippen molar-refractivity contribution in [2.24, 2.45) is 5.41 Å². The second-order valence-electron chi connectivity index (χ2n) is 11.2. The van der Waals surface area contributed by atoms with Gasteiger partial charge in [-0.1, -0.05) is 50.1 Å². The van der Waals surface area contributed by atoms with Crippen LogP contribution in [0.2, 0.25) is 0 Å². The number of phenolic OH excluding ortho intramolecular Hbond substituents is 1. The molecule has 0 spiro atoms. The number of halogens is 1. The molecule has 3 aromatic rings. The lowest BCUT2D eigenvalue weighted by Crippen LogP contribution is -2.42. The molecule has 3 aromatic carbocycles. The highest BCUT2D eigenvalue weighted by atomic mass is 32.2. The number of para-hydroxylation sites is 1. The number of benzene rings is 3. The van der Waals surface area contributed by atoms with Crippen molar-refractivity contribution in [3.8, 4) is 23.8 Å². The summed E-state index contributed by atoms with van der Waals surface area (Å²) < 4.78 is 49.4. The number of sulfone groups is 1. The Bertz CT molecular complexity index is 1720. The first-order valence-electron chi connectivity index (χ1n) is 13.2. The first kappa shape index (κ1) is 28.2. The van der Waals surface area contributed by atoms with Crippen LogP contribution >= 0.6 is 0 Å². The highest BCUT2D eigenvalue weighted by Gasteiger charge is 2.47. The standard InChI is InChI=1S/C32H31FN2O5S/c1-5-15-40-22-13-14-23(24(33)17-22)30-31-25(18-32(3,4)19-41(31,38)39)34-29-26(11-8-12-27(29)36)35(30)28(37)16-21-10-7-6-9-20(21)2/h1,6-14,17,30,34,36H,15-16,18-19H2,2-4H3/t30-/m0/s1. The third kappa shape index (κ3) is 5.40. The van der Waals surface area contributed by atoms with Gasteiger partial charge in [-0.15, -0.1) is 6.42 Å². The number of aromatic hydroxyl groups is 1. The quantitative estimate of drug-likeness (QED) is 0.302. The summed E-state index contributed by atoms with van der Waals surface area (Å²) in [6.07, 6.45) is 5.50. The summed E-state index contributed by atoms with van der Waals surface area (Å²) in [5.41, 5.74) is 1.69. The third-order valence-electron chi connectivity index (χ3n) is 7.39. The van der Waals surface area contributed by atoms with Crippen molar-refractivity contribution in [1.29, 1.82) is 0 Å². The van der Waals surface area contributed by atoms with E-state index in [4.69, 9.17) is 11.2 Å². The fourth-order valence-corrected chi connectivity index (χ4v) is 8.02. The van der Waals surface area contributed by atoms with Gasteiger partial charge < -0.3 is 15.2 Å². The molecule has 0 radical (unpaired) electrons. The lowest BCUT2D eigenvalue weighted by Gasteiger charge is -2.37. The van der Waals surface area contributed by atoms with Crippen LogP contribution in [-0.4, -0.2) is 31.8 Å². The molecular formula is C32H31FN2O5S. The van der Waals surface area contributed by atoms with Gasteiger partial charge in [0.2, 0.25) is 5.91 Å². The molecule has 0 aromatic heterocycles. The average Bonchev–Trinajstić information content (AvgIpc) is 3.03. The van der Waals surface area contributed by atoms with E-state index in [0.717, 1.165) is 17.2 Å². The van der Waals surface area contributed by atoms with Crippen molar-refractivity contribution in [2.75, 3.05) is 22.6 Å². The second-order valence-corrected chi connectivity index (χ2v) is 13.1. The van der Waals surface area contributed by atoms with Crippen molar-refractivity contribution in [3.63, 3.8) is 0 Å². The van der Waals surface area contributed by atoms with Crippen LogP contribution in [0.1, 0.15) is 43.0 Å². The fourth-order valence-electron chi connectivity index (χ4n) is 5.66. The number of carbonyl (C=O) groups excluding carboxylic acids is 1. The minimum absolute atomic E-state index is 0.0232. The zero-order chi connectivity index (χ0) is 29.5. The van der Waals surface area contributed by atoms with Gasteiger partial charge in [-0.3, -0.25) is 9.69 Å². The van der Waals surface area contributed by atoms with Crippen LogP contribution < -0.4 is 15.0 Å². The van der Waals surface area contributed by atoms with Gasteiger partial charge >= 0.3 is 0 Å². The summed E-state index contributed by atoms with van der Waals surface area (Å²) in [6, 6.07) is 14.7. The van der Waals surface area contributed by atoms with E-state index in [0.29, 0.717) is 12.1 Å². The minimum Gasteiger partial charge on any atom is -0.506 e. The number of rotatable bonds is 5. The van der Waals surface area contributed by atoms with Crippen molar-refractivity contribution >= 4 is 27.1 Å². The Morgan fingerprint density at radius 3 is 2.66 bits per heavy atom. The van der Waals surface area contributed by atoms with E-state index in [1.807, 2.05) is 45.0 Å². The number of hydrogen-bond donors (Lipinski definition) is 2.